The van der Waals surface area contributed by atoms with Crippen LogP contribution in [0.5, 0.6) is 0 Å². The van der Waals surface area contributed by atoms with Gasteiger partial charge in [-0.25, -0.2) is 0 Å². The van der Waals surface area contributed by atoms with Crippen LogP contribution >= 0.6 is 15.9 Å². The van der Waals surface area contributed by atoms with Gasteiger partial charge in [-0.1, -0.05) is 40.2 Å². The van der Waals surface area contributed by atoms with Crippen molar-refractivity contribution >= 4 is 15.9 Å². The highest BCUT2D eigenvalue weighted by Gasteiger charge is 1.98. The molecular formula is C14H12BrN. The van der Waals surface area contributed by atoms with E-state index in [0.717, 1.165) is 22.2 Å². The van der Waals surface area contributed by atoms with E-state index >= 15 is 0 Å². The minimum atomic E-state index is 0.869. The van der Waals surface area contributed by atoms with Crippen LogP contribution in [0.25, 0.3) is 11.3 Å². The van der Waals surface area contributed by atoms with Gasteiger partial charge in [0.15, 0.2) is 0 Å². The van der Waals surface area contributed by atoms with Gasteiger partial charge in [-0.2, -0.15) is 0 Å². The first-order chi connectivity index (χ1) is 7.79. The van der Waals surface area contributed by atoms with Gasteiger partial charge in [-0.15, -0.1) is 6.58 Å². The summed E-state index contributed by atoms with van der Waals surface area (Å²) in [7, 11) is 0. The zero-order chi connectivity index (χ0) is 11.4. The number of nitrogens with zero attached hydrogens (tertiary/aromatic N) is 1. The highest BCUT2D eigenvalue weighted by Crippen LogP contribution is 2.19. The molecule has 80 valence electrons. The summed E-state index contributed by atoms with van der Waals surface area (Å²) < 4.78 is 1.08. The molecule has 0 spiro atoms. The molecule has 0 saturated carbocycles. The number of rotatable bonds is 3. The standard InChI is InChI=1S/C14H12BrN/c1-2-3-11-4-9-14(16-10-11)12-5-7-13(15)8-6-12/h2,4-10H,1,3H2. The van der Waals surface area contributed by atoms with Crippen LogP contribution in [-0.2, 0) is 6.42 Å². The van der Waals surface area contributed by atoms with Gasteiger partial charge >= 0.3 is 0 Å². The molecule has 2 rings (SSSR count). The van der Waals surface area contributed by atoms with Crippen molar-refractivity contribution < 1.29 is 0 Å². The Labute approximate surface area is 104 Å². The molecule has 1 heterocycles. The highest BCUT2D eigenvalue weighted by molar-refractivity contribution is 9.10. The number of hydrogen-bond donors (Lipinski definition) is 0. The molecule has 0 N–H and O–H groups in total. The molecule has 0 aliphatic heterocycles. The minimum absolute atomic E-state index is 0.869. The van der Waals surface area contributed by atoms with Crippen molar-refractivity contribution in [2.45, 2.75) is 6.42 Å². The lowest BCUT2D eigenvalue weighted by Gasteiger charge is -2.02. The third kappa shape index (κ3) is 2.58. The molecule has 0 fully saturated rings. The Morgan fingerprint density at radius 1 is 1.12 bits per heavy atom. The number of benzene rings is 1. The fourth-order valence-electron chi connectivity index (χ4n) is 1.50. The molecule has 2 aromatic rings. The van der Waals surface area contributed by atoms with Gasteiger partial charge in [0.1, 0.15) is 0 Å². The van der Waals surface area contributed by atoms with E-state index in [0.29, 0.717) is 0 Å². The summed E-state index contributed by atoms with van der Waals surface area (Å²) in [6, 6.07) is 12.3. The average molecular weight is 274 g/mol. The van der Waals surface area contributed by atoms with Crippen molar-refractivity contribution in [2.75, 3.05) is 0 Å². The first kappa shape index (κ1) is 11.1. The van der Waals surface area contributed by atoms with Crippen molar-refractivity contribution in [3.8, 4) is 11.3 Å². The van der Waals surface area contributed by atoms with E-state index in [-0.39, 0.29) is 0 Å². The van der Waals surface area contributed by atoms with Crippen LogP contribution in [0.1, 0.15) is 5.56 Å². The van der Waals surface area contributed by atoms with Crippen LogP contribution in [0.2, 0.25) is 0 Å². The summed E-state index contributed by atoms with van der Waals surface area (Å²) in [6.45, 7) is 3.71. The summed E-state index contributed by atoms with van der Waals surface area (Å²) in [5.74, 6) is 0. The topological polar surface area (TPSA) is 12.9 Å². The normalized spacial score (nSPS) is 10.1. The molecule has 0 radical (unpaired) electrons. The molecule has 1 nitrogen and oxygen atoms in total. The van der Waals surface area contributed by atoms with Gasteiger partial charge in [0.2, 0.25) is 0 Å². The molecule has 0 aliphatic carbocycles. The second-order valence-corrected chi connectivity index (χ2v) is 4.47. The molecule has 1 aromatic heterocycles. The number of hydrogen-bond acceptors (Lipinski definition) is 1. The molecule has 0 saturated heterocycles. The lowest BCUT2D eigenvalue weighted by atomic mass is 10.1. The Morgan fingerprint density at radius 2 is 1.88 bits per heavy atom. The SMILES string of the molecule is C=CCc1ccc(-c2ccc(Br)cc2)nc1. The summed E-state index contributed by atoms with van der Waals surface area (Å²) in [5, 5.41) is 0. The van der Waals surface area contributed by atoms with E-state index in [2.05, 4.69) is 45.7 Å². The molecule has 0 amide bonds. The van der Waals surface area contributed by atoms with Crippen LogP contribution in [0, 0.1) is 0 Å². The summed E-state index contributed by atoms with van der Waals surface area (Å²) in [6.07, 6.45) is 4.66. The van der Waals surface area contributed by atoms with E-state index in [4.69, 9.17) is 0 Å². The number of pyridine rings is 1. The third-order valence-corrected chi connectivity index (χ3v) is 2.87. The van der Waals surface area contributed by atoms with Gasteiger partial charge in [0.05, 0.1) is 5.69 Å². The molecule has 0 atom stereocenters. The van der Waals surface area contributed by atoms with Crippen molar-refractivity contribution in [1.29, 1.82) is 0 Å². The van der Waals surface area contributed by atoms with Gasteiger partial charge in [0.25, 0.3) is 0 Å². The fourth-order valence-corrected chi connectivity index (χ4v) is 1.77. The van der Waals surface area contributed by atoms with Gasteiger partial charge < -0.3 is 0 Å². The molecule has 0 aliphatic rings. The Morgan fingerprint density at radius 3 is 2.44 bits per heavy atom. The van der Waals surface area contributed by atoms with E-state index in [9.17, 15) is 0 Å². The molecule has 0 unspecified atom stereocenters. The second kappa shape index (κ2) is 5.08. The lowest BCUT2D eigenvalue weighted by molar-refractivity contribution is 1.20. The van der Waals surface area contributed by atoms with Crippen LogP contribution in [0.3, 0.4) is 0 Å². The lowest BCUT2D eigenvalue weighted by Crippen LogP contribution is -1.86. The summed E-state index contributed by atoms with van der Waals surface area (Å²) in [5.41, 5.74) is 3.32. The zero-order valence-corrected chi connectivity index (χ0v) is 10.4. The monoisotopic (exact) mass is 273 g/mol. The Hall–Kier alpha value is -1.41. The van der Waals surface area contributed by atoms with E-state index in [1.54, 1.807) is 0 Å². The zero-order valence-electron chi connectivity index (χ0n) is 8.86. The smallest absolute Gasteiger partial charge is 0.0702 e. The number of allylic oxidation sites excluding steroid dienone is 1. The van der Waals surface area contributed by atoms with Crippen molar-refractivity contribution in [3.05, 3.63) is 65.3 Å². The van der Waals surface area contributed by atoms with Crippen LogP contribution in [-0.4, -0.2) is 4.98 Å². The molecule has 1 aromatic carbocycles. The largest absolute Gasteiger partial charge is 0.256 e. The van der Waals surface area contributed by atoms with Gasteiger partial charge in [-0.05, 0) is 30.2 Å². The predicted octanol–water partition coefficient (Wildman–Crippen LogP) is 4.24. The average Bonchev–Trinajstić information content (AvgIpc) is 2.32. The number of halogens is 1. The van der Waals surface area contributed by atoms with Crippen LogP contribution in [0.4, 0.5) is 0 Å². The Bertz CT molecular complexity index is 471. The first-order valence-corrected chi connectivity index (χ1v) is 5.90. The minimum Gasteiger partial charge on any atom is -0.256 e. The van der Waals surface area contributed by atoms with Crippen molar-refractivity contribution in [1.82, 2.24) is 4.98 Å². The van der Waals surface area contributed by atoms with Crippen LogP contribution in [0.15, 0.2) is 59.7 Å². The van der Waals surface area contributed by atoms with Gasteiger partial charge in [0, 0.05) is 16.2 Å². The first-order valence-electron chi connectivity index (χ1n) is 5.11. The van der Waals surface area contributed by atoms with E-state index in [1.807, 2.05) is 30.5 Å². The Balaban J connectivity index is 2.27. The maximum atomic E-state index is 4.43. The van der Waals surface area contributed by atoms with E-state index in [1.165, 1.54) is 5.56 Å². The second-order valence-electron chi connectivity index (χ2n) is 3.55. The van der Waals surface area contributed by atoms with Crippen molar-refractivity contribution in [3.63, 3.8) is 0 Å². The van der Waals surface area contributed by atoms with Crippen LogP contribution < -0.4 is 0 Å². The fraction of sp³-hybridized carbons (Fsp3) is 0.0714. The molecule has 16 heavy (non-hydrogen) atoms. The summed E-state index contributed by atoms with van der Waals surface area (Å²) >= 11 is 3.42. The molecule has 0 bridgehead atoms. The molecular weight excluding hydrogens is 262 g/mol. The predicted molar refractivity (Wildman–Crippen MR) is 71.3 cm³/mol. The van der Waals surface area contributed by atoms with Gasteiger partial charge in [-0.3, -0.25) is 4.98 Å². The summed E-state index contributed by atoms with van der Waals surface area (Å²) in [4.78, 5) is 4.43. The quantitative estimate of drug-likeness (QED) is 0.763. The molecule has 2 heteroatoms. The number of aromatic nitrogens is 1. The highest BCUT2D eigenvalue weighted by atomic mass is 79.9. The maximum Gasteiger partial charge on any atom is 0.0702 e. The Kier molecular flexibility index (Phi) is 3.52. The third-order valence-electron chi connectivity index (χ3n) is 2.34. The maximum absolute atomic E-state index is 4.43. The van der Waals surface area contributed by atoms with E-state index < -0.39 is 0 Å². The van der Waals surface area contributed by atoms with Crippen molar-refractivity contribution in [2.24, 2.45) is 0 Å².